The number of benzene rings is 1. The van der Waals surface area contributed by atoms with Crippen LogP contribution < -0.4 is 0 Å². The summed E-state index contributed by atoms with van der Waals surface area (Å²) in [6.07, 6.45) is 8.61. The average molecular weight is 367 g/mol. The summed E-state index contributed by atoms with van der Waals surface area (Å²) in [4.78, 5) is 32.7. The summed E-state index contributed by atoms with van der Waals surface area (Å²) >= 11 is 6.13. The van der Waals surface area contributed by atoms with Crippen LogP contribution in [0, 0.1) is 5.92 Å². The molecule has 1 aromatic carbocycles. The molecule has 0 saturated heterocycles. The van der Waals surface area contributed by atoms with Gasteiger partial charge in [0.2, 0.25) is 0 Å². The van der Waals surface area contributed by atoms with Gasteiger partial charge in [-0.05, 0) is 18.2 Å². The van der Waals surface area contributed by atoms with Crippen LogP contribution in [0.15, 0.2) is 63.3 Å². The van der Waals surface area contributed by atoms with E-state index >= 15 is 0 Å². The first-order chi connectivity index (χ1) is 12.6. The maximum absolute atomic E-state index is 12.9. The SMILES string of the molecule is O=C1C=NC(CN2N=C(c3cccc(Cl)c3)C3N=CC=CC3C2=O)=CC1. The summed E-state index contributed by atoms with van der Waals surface area (Å²) in [5.74, 6) is -0.602. The van der Waals surface area contributed by atoms with E-state index in [2.05, 4.69) is 15.1 Å². The van der Waals surface area contributed by atoms with E-state index in [1.807, 2.05) is 24.3 Å². The third-order valence-corrected chi connectivity index (χ3v) is 4.62. The molecule has 0 radical (unpaired) electrons. The fraction of sp³-hybridized carbons (Fsp3) is 0.211. The number of ketones is 1. The molecule has 3 aliphatic heterocycles. The van der Waals surface area contributed by atoms with E-state index in [1.54, 1.807) is 24.4 Å². The van der Waals surface area contributed by atoms with Gasteiger partial charge in [-0.2, -0.15) is 5.10 Å². The molecule has 3 heterocycles. The Kier molecular flexibility index (Phi) is 4.34. The Balaban J connectivity index is 1.71. The van der Waals surface area contributed by atoms with E-state index in [1.165, 1.54) is 11.2 Å². The van der Waals surface area contributed by atoms with Gasteiger partial charge in [-0.3, -0.25) is 19.6 Å². The van der Waals surface area contributed by atoms with Crippen LogP contribution in [0.5, 0.6) is 0 Å². The zero-order chi connectivity index (χ0) is 18.1. The van der Waals surface area contributed by atoms with Crippen molar-refractivity contribution in [1.29, 1.82) is 0 Å². The number of fused-ring (bicyclic) bond motifs is 1. The van der Waals surface area contributed by atoms with Gasteiger partial charge in [-0.25, -0.2) is 5.01 Å². The first-order valence-electron chi connectivity index (χ1n) is 8.23. The van der Waals surface area contributed by atoms with Crippen LogP contribution in [0.25, 0.3) is 0 Å². The van der Waals surface area contributed by atoms with E-state index in [-0.39, 0.29) is 24.3 Å². The standard InChI is InChI=1S/C19H15ClN4O2/c20-13-4-1-3-12(9-13)17-18-16(5-2-8-21-18)19(26)24(23-17)11-14-6-7-15(25)10-22-14/h1-6,8-10,16,18H,7,11H2. The second kappa shape index (κ2) is 6.80. The number of hydrazone groups is 1. The second-order valence-electron chi connectivity index (χ2n) is 6.17. The van der Waals surface area contributed by atoms with Gasteiger partial charge in [0.05, 0.1) is 30.1 Å². The van der Waals surface area contributed by atoms with E-state index in [9.17, 15) is 9.59 Å². The molecule has 1 aromatic rings. The predicted molar refractivity (Wildman–Crippen MR) is 101 cm³/mol. The predicted octanol–water partition coefficient (Wildman–Crippen LogP) is 2.44. The number of Topliss-reactive ketones (excluding diaryl/α,β-unsaturated/α-hetero) is 1. The summed E-state index contributed by atoms with van der Waals surface area (Å²) in [5.41, 5.74) is 2.16. The normalized spacial score (nSPS) is 24.4. The van der Waals surface area contributed by atoms with Gasteiger partial charge in [0.15, 0.2) is 5.78 Å². The molecule has 0 saturated carbocycles. The molecule has 0 N–H and O–H groups in total. The van der Waals surface area contributed by atoms with Crippen LogP contribution in [0.1, 0.15) is 12.0 Å². The fourth-order valence-corrected chi connectivity index (χ4v) is 3.30. The summed E-state index contributed by atoms with van der Waals surface area (Å²) in [6, 6.07) is 6.98. The van der Waals surface area contributed by atoms with Crippen LogP contribution in [0.3, 0.4) is 0 Å². The molecule has 0 bridgehead atoms. The lowest BCUT2D eigenvalue weighted by molar-refractivity contribution is -0.134. The van der Waals surface area contributed by atoms with Crippen molar-refractivity contribution >= 4 is 41.4 Å². The van der Waals surface area contributed by atoms with Crippen molar-refractivity contribution in [3.8, 4) is 0 Å². The first-order valence-corrected chi connectivity index (χ1v) is 8.61. The smallest absolute Gasteiger partial charge is 0.252 e. The zero-order valence-electron chi connectivity index (χ0n) is 13.7. The topological polar surface area (TPSA) is 74.5 Å². The summed E-state index contributed by atoms with van der Waals surface area (Å²) in [7, 11) is 0. The number of amides is 1. The Bertz CT molecular complexity index is 929. The Morgan fingerprint density at radius 2 is 2.15 bits per heavy atom. The number of dihydropyridines is 1. The monoisotopic (exact) mass is 366 g/mol. The molecule has 2 unspecified atom stereocenters. The minimum atomic E-state index is -0.415. The third-order valence-electron chi connectivity index (χ3n) is 4.38. The summed E-state index contributed by atoms with van der Waals surface area (Å²) < 4.78 is 0. The number of nitrogens with zero attached hydrogens (tertiary/aromatic N) is 4. The van der Waals surface area contributed by atoms with E-state index in [4.69, 9.17) is 11.6 Å². The highest BCUT2D eigenvalue weighted by Gasteiger charge is 2.39. The molecular weight excluding hydrogens is 352 g/mol. The molecule has 7 heteroatoms. The molecule has 1 amide bonds. The lowest BCUT2D eigenvalue weighted by Gasteiger charge is -2.33. The van der Waals surface area contributed by atoms with Gasteiger partial charge >= 0.3 is 0 Å². The average Bonchev–Trinajstić information content (AvgIpc) is 2.66. The minimum Gasteiger partial charge on any atom is -0.293 e. The molecule has 0 fully saturated rings. The number of rotatable bonds is 3. The van der Waals surface area contributed by atoms with E-state index < -0.39 is 5.92 Å². The van der Waals surface area contributed by atoms with Crippen molar-refractivity contribution in [1.82, 2.24) is 5.01 Å². The van der Waals surface area contributed by atoms with Gasteiger partial charge in [0, 0.05) is 23.2 Å². The van der Waals surface area contributed by atoms with Crippen LogP contribution in [0.2, 0.25) is 5.02 Å². The van der Waals surface area contributed by atoms with Crippen LogP contribution in [0.4, 0.5) is 0 Å². The summed E-state index contributed by atoms with van der Waals surface area (Å²) in [5, 5.41) is 6.57. The highest BCUT2D eigenvalue weighted by molar-refractivity contribution is 6.31. The molecule has 4 rings (SSSR count). The van der Waals surface area contributed by atoms with Gasteiger partial charge < -0.3 is 0 Å². The molecular formula is C19H15ClN4O2. The van der Waals surface area contributed by atoms with Crippen LogP contribution in [-0.2, 0) is 9.59 Å². The van der Waals surface area contributed by atoms with E-state index in [0.717, 1.165) is 5.56 Å². The number of allylic oxidation sites excluding steroid dienone is 2. The lowest BCUT2D eigenvalue weighted by atomic mass is 9.88. The van der Waals surface area contributed by atoms with Crippen molar-refractivity contribution in [2.45, 2.75) is 12.5 Å². The Hall–Kier alpha value is -2.86. The summed E-state index contributed by atoms with van der Waals surface area (Å²) in [6.45, 7) is 0.216. The van der Waals surface area contributed by atoms with Crippen LogP contribution >= 0.6 is 11.6 Å². The van der Waals surface area contributed by atoms with E-state index in [0.29, 0.717) is 22.9 Å². The molecule has 0 spiro atoms. The van der Waals surface area contributed by atoms with Gasteiger partial charge in [0.1, 0.15) is 6.04 Å². The first kappa shape index (κ1) is 16.6. The third kappa shape index (κ3) is 3.15. The number of hydrogen-bond acceptors (Lipinski definition) is 5. The largest absolute Gasteiger partial charge is 0.293 e. The molecule has 26 heavy (non-hydrogen) atoms. The van der Waals surface area contributed by atoms with Crippen molar-refractivity contribution in [2.24, 2.45) is 21.0 Å². The number of carbonyl (C=O) groups excluding carboxylic acids is 2. The molecule has 2 atom stereocenters. The zero-order valence-corrected chi connectivity index (χ0v) is 14.5. The maximum atomic E-state index is 12.9. The molecule has 0 aliphatic carbocycles. The Morgan fingerprint density at radius 1 is 1.27 bits per heavy atom. The highest BCUT2D eigenvalue weighted by atomic mass is 35.5. The van der Waals surface area contributed by atoms with Crippen molar-refractivity contribution < 1.29 is 9.59 Å². The second-order valence-corrected chi connectivity index (χ2v) is 6.61. The number of aliphatic imine (C=N–C) groups is 2. The Labute approximate surface area is 155 Å². The molecule has 130 valence electrons. The molecule has 3 aliphatic rings. The number of carbonyl (C=O) groups is 2. The number of hydrogen-bond donors (Lipinski definition) is 0. The quantitative estimate of drug-likeness (QED) is 0.824. The van der Waals surface area contributed by atoms with Crippen LogP contribution in [-0.4, -0.2) is 47.4 Å². The van der Waals surface area contributed by atoms with Gasteiger partial charge in [0.25, 0.3) is 5.91 Å². The van der Waals surface area contributed by atoms with Crippen molar-refractivity contribution in [3.63, 3.8) is 0 Å². The highest BCUT2D eigenvalue weighted by Crippen LogP contribution is 2.28. The molecule has 6 nitrogen and oxygen atoms in total. The number of halogens is 1. The maximum Gasteiger partial charge on any atom is 0.252 e. The minimum absolute atomic E-state index is 0.0496. The van der Waals surface area contributed by atoms with Gasteiger partial charge in [-0.1, -0.05) is 35.9 Å². The fourth-order valence-electron chi connectivity index (χ4n) is 3.11. The lowest BCUT2D eigenvalue weighted by Crippen LogP contribution is -2.47. The van der Waals surface area contributed by atoms with Gasteiger partial charge in [-0.15, -0.1) is 0 Å². The molecule has 0 aromatic heterocycles. The van der Waals surface area contributed by atoms with Crippen molar-refractivity contribution in [3.05, 3.63) is 58.8 Å². The Morgan fingerprint density at radius 3 is 2.92 bits per heavy atom. The van der Waals surface area contributed by atoms with Crippen molar-refractivity contribution in [2.75, 3.05) is 6.54 Å².